The van der Waals surface area contributed by atoms with Gasteiger partial charge in [0, 0.05) is 39.8 Å². The van der Waals surface area contributed by atoms with Crippen molar-refractivity contribution in [2.45, 2.75) is 25.3 Å². The van der Waals surface area contributed by atoms with Crippen LogP contribution in [0.3, 0.4) is 0 Å². The number of carbonyl (C=O) groups excluding carboxylic acids is 2. The highest BCUT2D eigenvalue weighted by Gasteiger charge is 2.21. The number of ether oxygens (including phenoxy) is 1. The Labute approximate surface area is 150 Å². The summed E-state index contributed by atoms with van der Waals surface area (Å²) < 4.78 is 4.79. The number of methoxy groups -OCH3 is 1. The predicted octanol–water partition coefficient (Wildman–Crippen LogP) is 0.915. The van der Waals surface area contributed by atoms with Gasteiger partial charge in [-0.25, -0.2) is 0 Å². The van der Waals surface area contributed by atoms with Crippen LogP contribution in [-0.2, 0) is 20.7 Å². The van der Waals surface area contributed by atoms with Crippen LogP contribution >= 0.6 is 0 Å². The Balaban J connectivity index is 1.64. The van der Waals surface area contributed by atoms with E-state index in [1.807, 2.05) is 6.07 Å². The Kier molecular flexibility index (Phi) is 7.88. The van der Waals surface area contributed by atoms with Gasteiger partial charge in [-0.15, -0.1) is 0 Å². The van der Waals surface area contributed by atoms with Crippen molar-refractivity contribution in [1.82, 2.24) is 15.1 Å². The highest BCUT2D eigenvalue weighted by Crippen LogP contribution is 2.11. The highest BCUT2D eigenvalue weighted by molar-refractivity contribution is 5.85. The van der Waals surface area contributed by atoms with Gasteiger partial charge in [0.05, 0.1) is 6.54 Å². The number of rotatable bonds is 8. The van der Waals surface area contributed by atoms with Crippen molar-refractivity contribution < 1.29 is 14.3 Å². The van der Waals surface area contributed by atoms with Crippen LogP contribution in [0.4, 0.5) is 0 Å². The number of carbonyl (C=O) groups is 2. The quantitative estimate of drug-likeness (QED) is 0.759. The summed E-state index contributed by atoms with van der Waals surface area (Å²) in [5, 5.41) is 3.04. The summed E-state index contributed by atoms with van der Waals surface area (Å²) in [6.45, 7) is 3.13. The van der Waals surface area contributed by atoms with E-state index in [-0.39, 0.29) is 31.0 Å². The zero-order chi connectivity index (χ0) is 18.1. The predicted molar refractivity (Wildman–Crippen MR) is 97.3 cm³/mol. The van der Waals surface area contributed by atoms with E-state index < -0.39 is 0 Å². The van der Waals surface area contributed by atoms with Crippen LogP contribution in [0.15, 0.2) is 30.3 Å². The zero-order valence-corrected chi connectivity index (χ0v) is 15.2. The Morgan fingerprint density at radius 2 is 1.92 bits per heavy atom. The fourth-order valence-corrected chi connectivity index (χ4v) is 3.04. The van der Waals surface area contributed by atoms with Crippen molar-refractivity contribution in [2.24, 2.45) is 0 Å². The summed E-state index contributed by atoms with van der Waals surface area (Å²) in [6.07, 6.45) is 2.97. The van der Waals surface area contributed by atoms with Crippen LogP contribution in [0, 0.1) is 0 Å². The van der Waals surface area contributed by atoms with E-state index in [1.54, 1.807) is 7.05 Å². The second-order valence-electron chi connectivity index (χ2n) is 6.60. The van der Waals surface area contributed by atoms with Crippen LogP contribution in [0.5, 0.6) is 0 Å². The van der Waals surface area contributed by atoms with Crippen molar-refractivity contribution in [1.29, 1.82) is 0 Å². The molecule has 138 valence electrons. The third-order valence-electron chi connectivity index (χ3n) is 4.59. The number of nitrogens with zero attached hydrogens (tertiary/aromatic N) is 2. The lowest BCUT2D eigenvalue weighted by Gasteiger charge is -2.32. The summed E-state index contributed by atoms with van der Waals surface area (Å²) in [5.41, 5.74) is 1.36. The van der Waals surface area contributed by atoms with Crippen molar-refractivity contribution in [3.63, 3.8) is 0 Å². The monoisotopic (exact) mass is 347 g/mol. The first-order chi connectivity index (χ1) is 12.1. The first kappa shape index (κ1) is 19.4. The molecule has 1 aromatic carbocycles. The van der Waals surface area contributed by atoms with Gasteiger partial charge in [-0.3, -0.25) is 9.59 Å². The van der Waals surface area contributed by atoms with Gasteiger partial charge in [0.15, 0.2) is 0 Å². The Hall–Kier alpha value is -1.92. The molecular weight excluding hydrogens is 318 g/mol. The molecule has 25 heavy (non-hydrogen) atoms. The van der Waals surface area contributed by atoms with E-state index in [0.717, 1.165) is 38.9 Å². The van der Waals surface area contributed by atoms with Crippen LogP contribution in [0.1, 0.15) is 18.4 Å². The maximum atomic E-state index is 12.1. The fraction of sp³-hybridized carbons (Fsp3) is 0.579. The maximum absolute atomic E-state index is 12.1. The van der Waals surface area contributed by atoms with E-state index in [0.29, 0.717) is 0 Å². The molecule has 1 aliphatic heterocycles. The Morgan fingerprint density at radius 1 is 1.24 bits per heavy atom. The van der Waals surface area contributed by atoms with Crippen LogP contribution in [0.2, 0.25) is 0 Å². The first-order valence-corrected chi connectivity index (χ1v) is 8.87. The third kappa shape index (κ3) is 6.84. The molecule has 0 spiro atoms. The number of amides is 2. The molecule has 1 heterocycles. The number of likely N-dealkylation sites (N-methyl/N-ethyl adjacent to an activating group) is 1. The van der Waals surface area contributed by atoms with Crippen molar-refractivity contribution in [2.75, 3.05) is 46.9 Å². The van der Waals surface area contributed by atoms with Gasteiger partial charge in [0.1, 0.15) is 6.61 Å². The number of nitrogens with one attached hydrogen (secondary N) is 1. The second-order valence-corrected chi connectivity index (χ2v) is 6.60. The summed E-state index contributed by atoms with van der Waals surface area (Å²) in [7, 11) is 3.09. The molecule has 0 aromatic heterocycles. The van der Waals surface area contributed by atoms with E-state index >= 15 is 0 Å². The SMILES string of the molecule is COCC(=O)N(C)CC(=O)NC1CCN(CCc2ccccc2)CC1. The van der Waals surface area contributed by atoms with Crippen molar-refractivity contribution >= 4 is 11.8 Å². The summed E-state index contributed by atoms with van der Waals surface area (Å²) in [5.74, 6) is -0.289. The van der Waals surface area contributed by atoms with E-state index in [4.69, 9.17) is 4.74 Å². The van der Waals surface area contributed by atoms with Crippen LogP contribution in [0.25, 0.3) is 0 Å². The molecule has 1 saturated heterocycles. The molecule has 1 aliphatic rings. The van der Waals surface area contributed by atoms with Gasteiger partial charge in [0.2, 0.25) is 11.8 Å². The Morgan fingerprint density at radius 3 is 2.56 bits per heavy atom. The second kappa shape index (κ2) is 10.2. The van der Waals surface area contributed by atoms with Crippen LogP contribution < -0.4 is 5.32 Å². The molecule has 0 saturated carbocycles. The average molecular weight is 347 g/mol. The molecular formula is C19H29N3O3. The lowest BCUT2D eigenvalue weighted by atomic mass is 10.0. The van der Waals surface area contributed by atoms with Crippen molar-refractivity contribution in [3.8, 4) is 0 Å². The number of piperidine rings is 1. The highest BCUT2D eigenvalue weighted by atomic mass is 16.5. The number of benzene rings is 1. The van der Waals surface area contributed by atoms with Crippen molar-refractivity contribution in [3.05, 3.63) is 35.9 Å². The molecule has 0 aliphatic carbocycles. The molecule has 1 fully saturated rings. The molecule has 2 amide bonds. The summed E-state index contributed by atoms with van der Waals surface area (Å²) >= 11 is 0. The minimum atomic E-state index is -0.187. The van der Waals surface area contributed by atoms with E-state index in [2.05, 4.69) is 34.5 Å². The largest absolute Gasteiger partial charge is 0.375 e. The molecule has 6 nitrogen and oxygen atoms in total. The lowest BCUT2D eigenvalue weighted by molar-refractivity contribution is -0.137. The van der Waals surface area contributed by atoms with Gasteiger partial charge in [0.25, 0.3) is 0 Å². The zero-order valence-electron chi connectivity index (χ0n) is 15.2. The fourth-order valence-electron chi connectivity index (χ4n) is 3.04. The topological polar surface area (TPSA) is 61.9 Å². The maximum Gasteiger partial charge on any atom is 0.248 e. The van der Waals surface area contributed by atoms with E-state index in [1.165, 1.54) is 17.6 Å². The minimum absolute atomic E-state index is 0.00355. The molecule has 1 N–H and O–H groups in total. The normalized spacial score (nSPS) is 15.8. The van der Waals surface area contributed by atoms with Gasteiger partial charge >= 0.3 is 0 Å². The smallest absolute Gasteiger partial charge is 0.248 e. The Bertz CT molecular complexity index is 542. The number of hydrogen-bond donors (Lipinski definition) is 1. The molecule has 6 heteroatoms. The number of hydrogen-bond acceptors (Lipinski definition) is 4. The standard InChI is InChI=1S/C19H29N3O3/c1-21(19(24)15-25-2)14-18(23)20-17-9-12-22(13-10-17)11-8-16-6-4-3-5-7-16/h3-7,17H,8-15H2,1-2H3,(H,20,23). The van der Waals surface area contributed by atoms with Crippen LogP contribution in [-0.4, -0.2) is 74.6 Å². The third-order valence-corrected chi connectivity index (χ3v) is 4.59. The average Bonchev–Trinajstić information content (AvgIpc) is 2.62. The number of likely N-dealkylation sites (tertiary alicyclic amines) is 1. The molecule has 0 bridgehead atoms. The van der Waals surface area contributed by atoms with Gasteiger partial charge < -0.3 is 19.9 Å². The van der Waals surface area contributed by atoms with Gasteiger partial charge in [-0.1, -0.05) is 30.3 Å². The first-order valence-electron chi connectivity index (χ1n) is 8.87. The lowest BCUT2D eigenvalue weighted by Crippen LogP contribution is -2.48. The molecule has 0 atom stereocenters. The van der Waals surface area contributed by atoms with E-state index in [9.17, 15) is 9.59 Å². The minimum Gasteiger partial charge on any atom is -0.375 e. The summed E-state index contributed by atoms with van der Waals surface area (Å²) in [4.78, 5) is 27.5. The molecule has 0 unspecified atom stereocenters. The molecule has 1 aromatic rings. The van der Waals surface area contributed by atoms with Gasteiger partial charge in [-0.2, -0.15) is 0 Å². The van der Waals surface area contributed by atoms with Gasteiger partial charge in [-0.05, 0) is 24.8 Å². The molecule has 2 rings (SSSR count). The molecule has 0 radical (unpaired) electrons. The summed E-state index contributed by atoms with van der Waals surface area (Å²) in [6, 6.07) is 10.7.